The van der Waals surface area contributed by atoms with Gasteiger partial charge < -0.3 is 4.74 Å². The van der Waals surface area contributed by atoms with Gasteiger partial charge >= 0.3 is 0 Å². The van der Waals surface area contributed by atoms with Gasteiger partial charge in [0.2, 0.25) is 0 Å². The van der Waals surface area contributed by atoms with E-state index in [-0.39, 0.29) is 12.5 Å². The summed E-state index contributed by atoms with van der Waals surface area (Å²) in [6, 6.07) is 17.6. The summed E-state index contributed by atoms with van der Waals surface area (Å²) in [5.41, 5.74) is 6.77. The molecule has 3 aromatic carbocycles. The number of carbonyl (C=O) groups is 1. The van der Waals surface area contributed by atoms with E-state index in [4.69, 9.17) is 16.3 Å². The van der Waals surface area contributed by atoms with Crippen LogP contribution in [0.2, 0.25) is 5.02 Å². The zero-order chi connectivity index (χ0) is 22.2. The molecular weight excluding hydrogens is 415 g/mol. The third-order valence-corrected chi connectivity index (χ3v) is 4.92. The second-order valence-corrected chi connectivity index (χ2v) is 7.39. The molecule has 0 spiro atoms. The number of benzene rings is 3. The fraction of sp³-hybridized carbons (Fsp3) is 0.120. The summed E-state index contributed by atoms with van der Waals surface area (Å²) in [5, 5.41) is 4.28. The van der Waals surface area contributed by atoms with Crippen molar-refractivity contribution in [1.82, 2.24) is 5.43 Å². The Morgan fingerprint density at radius 1 is 1.13 bits per heavy atom. The van der Waals surface area contributed by atoms with Crippen LogP contribution in [0.15, 0.2) is 71.8 Å². The number of halogens is 2. The van der Waals surface area contributed by atoms with Crippen LogP contribution in [0, 0.1) is 19.7 Å². The van der Waals surface area contributed by atoms with Crippen molar-refractivity contribution in [3.63, 3.8) is 0 Å². The Balaban J connectivity index is 1.51. The molecule has 1 amide bonds. The number of hydrazone groups is 1. The minimum Gasteiger partial charge on any atom is -0.489 e. The Morgan fingerprint density at radius 3 is 2.65 bits per heavy atom. The van der Waals surface area contributed by atoms with Crippen LogP contribution in [0.5, 0.6) is 5.75 Å². The number of nitrogens with one attached hydrogen (secondary N) is 1. The third-order valence-electron chi connectivity index (χ3n) is 4.56. The molecular formula is C25H22ClFN2O2. The summed E-state index contributed by atoms with van der Waals surface area (Å²) in [7, 11) is 0. The number of rotatable bonds is 7. The molecule has 0 aliphatic rings. The molecule has 0 saturated carbocycles. The van der Waals surface area contributed by atoms with Crippen molar-refractivity contribution in [2.75, 3.05) is 0 Å². The van der Waals surface area contributed by atoms with E-state index in [0.29, 0.717) is 16.3 Å². The highest BCUT2D eigenvalue weighted by atomic mass is 35.5. The van der Waals surface area contributed by atoms with Crippen LogP contribution in [0.1, 0.15) is 27.8 Å². The highest BCUT2D eigenvalue weighted by molar-refractivity contribution is 6.31. The highest BCUT2D eigenvalue weighted by Gasteiger charge is 2.07. The predicted octanol–water partition coefficient (Wildman–Crippen LogP) is 5.84. The van der Waals surface area contributed by atoms with Crippen molar-refractivity contribution < 1.29 is 13.9 Å². The van der Waals surface area contributed by atoms with Gasteiger partial charge in [-0.2, -0.15) is 5.10 Å². The Kier molecular flexibility index (Phi) is 7.57. The van der Waals surface area contributed by atoms with Gasteiger partial charge in [-0.05, 0) is 73.0 Å². The number of hydrogen-bond donors (Lipinski definition) is 1. The Hall–Kier alpha value is -3.44. The van der Waals surface area contributed by atoms with Gasteiger partial charge in [0.15, 0.2) is 0 Å². The SMILES string of the molecule is Cc1ccc(C)c(/C=C/C(=O)N/N=C\c2ccc(OCc3c(F)cccc3Cl)cc2)c1. The first-order chi connectivity index (χ1) is 14.9. The summed E-state index contributed by atoms with van der Waals surface area (Å²) in [6.07, 6.45) is 4.74. The van der Waals surface area contributed by atoms with Gasteiger partial charge in [-0.15, -0.1) is 0 Å². The van der Waals surface area contributed by atoms with E-state index >= 15 is 0 Å². The largest absolute Gasteiger partial charge is 0.489 e. The quantitative estimate of drug-likeness (QED) is 0.287. The molecule has 0 heterocycles. The number of nitrogens with zero attached hydrogens (tertiary/aromatic N) is 1. The fourth-order valence-corrected chi connectivity index (χ4v) is 3.01. The monoisotopic (exact) mass is 436 g/mol. The van der Waals surface area contributed by atoms with Crippen molar-refractivity contribution in [1.29, 1.82) is 0 Å². The van der Waals surface area contributed by atoms with E-state index in [1.165, 1.54) is 18.4 Å². The van der Waals surface area contributed by atoms with Crippen LogP contribution >= 0.6 is 11.6 Å². The van der Waals surface area contributed by atoms with Crippen LogP contribution in [-0.4, -0.2) is 12.1 Å². The van der Waals surface area contributed by atoms with Crippen molar-refractivity contribution in [2.24, 2.45) is 5.10 Å². The average Bonchev–Trinajstić information content (AvgIpc) is 2.75. The van der Waals surface area contributed by atoms with E-state index < -0.39 is 5.82 Å². The minimum atomic E-state index is -0.404. The van der Waals surface area contributed by atoms with Gasteiger partial charge in [0, 0.05) is 11.6 Å². The molecule has 0 unspecified atom stereocenters. The number of hydrogen-bond acceptors (Lipinski definition) is 3. The molecule has 0 atom stereocenters. The Morgan fingerprint density at radius 2 is 1.90 bits per heavy atom. The van der Waals surface area contributed by atoms with Gasteiger partial charge in [0.05, 0.1) is 11.2 Å². The Labute approximate surface area is 186 Å². The van der Waals surface area contributed by atoms with E-state index in [0.717, 1.165) is 22.3 Å². The summed E-state index contributed by atoms with van der Waals surface area (Å²) in [6.45, 7) is 4.03. The summed E-state index contributed by atoms with van der Waals surface area (Å²) >= 11 is 6.00. The van der Waals surface area contributed by atoms with Crippen molar-refractivity contribution in [2.45, 2.75) is 20.5 Å². The number of amides is 1. The molecule has 31 heavy (non-hydrogen) atoms. The van der Waals surface area contributed by atoms with E-state index in [2.05, 4.69) is 10.5 Å². The molecule has 0 fully saturated rings. The first-order valence-corrected chi connectivity index (χ1v) is 10.0. The number of aryl methyl sites for hydroxylation is 2. The van der Waals surface area contributed by atoms with Crippen LogP contribution in [0.4, 0.5) is 4.39 Å². The average molecular weight is 437 g/mol. The maximum absolute atomic E-state index is 13.8. The van der Waals surface area contributed by atoms with Crippen LogP contribution in [0.3, 0.4) is 0 Å². The lowest BCUT2D eigenvalue weighted by Crippen LogP contribution is -2.14. The molecule has 0 bridgehead atoms. The lowest BCUT2D eigenvalue weighted by molar-refractivity contribution is -0.116. The predicted molar refractivity (Wildman–Crippen MR) is 123 cm³/mol. The lowest BCUT2D eigenvalue weighted by Gasteiger charge is -2.08. The summed E-state index contributed by atoms with van der Waals surface area (Å²) in [5.74, 6) is -0.158. The fourth-order valence-electron chi connectivity index (χ4n) is 2.79. The molecule has 158 valence electrons. The van der Waals surface area contributed by atoms with Gasteiger partial charge in [-0.25, -0.2) is 9.82 Å². The zero-order valence-corrected chi connectivity index (χ0v) is 18.0. The normalized spacial score (nSPS) is 11.2. The minimum absolute atomic E-state index is 0.0295. The number of ether oxygens (including phenoxy) is 1. The first-order valence-electron chi connectivity index (χ1n) is 9.66. The molecule has 0 saturated heterocycles. The van der Waals surface area contributed by atoms with Gasteiger partial charge in [0.1, 0.15) is 18.2 Å². The van der Waals surface area contributed by atoms with Gasteiger partial charge in [-0.1, -0.05) is 41.4 Å². The maximum Gasteiger partial charge on any atom is 0.264 e. The van der Waals surface area contributed by atoms with E-state index in [9.17, 15) is 9.18 Å². The first kappa shape index (κ1) is 22.2. The molecule has 3 aromatic rings. The smallest absolute Gasteiger partial charge is 0.264 e. The number of carbonyl (C=O) groups excluding carboxylic acids is 1. The zero-order valence-electron chi connectivity index (χ0n) is 17.2. The van der Waals surface area contributed by atoms with Crippen molar-refractivity contribution >= 4 is 29.8 Å². The van der Waals surface area contributed by atoms with Gasteiger partial charge in [0.25, 0.3) is 5.91 Å². The highest BCUT2D eigenvalue weighted by Crippen LogP contribution is 2.21. The molecule has 0 radical (unpaired) electrons. The molecule has 6 heteroatoms. The van der Waals surface area contributed by atoms with Crippen molar-refractivity contribution in [3.05, 3.63) is 105 Å². The maximum atomic E-state index is 13.8. The standard InChI is InChI=1S/C25H22ClFN2O2/c1-17-6-7-18(2)20(14-17)10-13-25(30)29-28-15-19-8-11-21(12-9-19)31-16-22-23(26)4-3-5-24(22)27/h3-15H,16H2,1-2H3,(H,29,30)/b13-10+,28-15-. The molecule has 0 aliphatic heterocycles. The Bertz CT molecular complexity index is 1100. The van der Waals surface area contributed by atoms with E-state index in [1.807, 2.05) is 32.0 Å². The van der Waals surface area contributed by atoms with Gasteiger partial charge in [-0.3, -0.25) is 4.79 Å². The summed E-state index contributed by atoms with van der Waals surface area (Å²) in [4.78, 5) is 12.0. The second kappa shape index (κ2) is 10.5. The molecule has 1 N–H and O–H groups in total. The van der Waals surface area contributed by atoms with Crippen LogP contribution in [-0.2, 0) is 11.4 Å². The topological polar surface area (TPSA) is 50.7 Å². The van der Waals surface area contributed by atoms with Crippen molar-refractivity contribution in [3.8, 4) is 5.75 Å². The molecule has 4 nitrogen and oxygen atoms in total. The van der Waals surface area contributed by atoms with Crippen LogP contribution in [0.25, 0.3) is 6.08 Å². The summed E-state index contributed by atoms with van der Waals surface area (Å²) < 4.78 is 19.4. The lowest BCUT2D eigenvalue weighted by atomic mass is 10.1. The molecule has 3 rings (SSSR count). The second-order valence-electron chi connectivity index (χ2n) is 6.99. The molecule has 0 aromatic heterocycles. The third kappa shape index (κ3) is 6.52. The van der Waals surface area contributed by atoms with Crippen LogP contribution < -0.4 is 10.2 Å². The molecule has 0 aliphatic carbocycles. The van der Waals surface area contributed by atoms with E-state index in [1.54, 1.807) is 42.5 Å².